The van der Waals surface area contributed by atoms with Crippen molar-refractivity contribution < 1.29 is 4.74 Å². The molecule has 3 rings (SSSR count). The van der Waals surface area contributed by atoms with Gasteiger partial charge in [0.2, 0.25) is 0 Å². The van der Waals surface area contributed by atoms with Gasteiger partial charge in [-0.1, -0.05) is 6.92 Å². The Labute approximate surface area is 111 Å². The van der Waals surface area contributed by atoms with Crippen LogP contribution in [0.2, 0.25) is 0 Å². The van der Waals surface area contributed by atoms with Crippen LogP contribution >= 0.6 is 0 Å². The van der Waals surface area contributed by atoms with Crippen molar-refractivity contribution in [2.24, 2.45) is 11.8 Å². The molecule has 1 aliphatic carbocycles. The van der Waals surface area contributed by atoms with Crippen LogP contribution in [0.3, 0.4) is 0 Å². The lowest BCUT2D eigenvalue weighted by molar-refractivity contribution is 0.0249. The van der Waals surface area contributed by atoms with E-state index in [0.29, 0.717) is 0 Å². The lowest BCUT2D eigenvalue weighted by atomic mass is 9.79. The van der Waals surface area contributed by atoms with Crippen LogP contribution in [-0.4, -0.2) is 49.8 Å². The van der Waals surface area contributed by atoms with E-state index in [0.717, 1.165) is 37.1 Å². The maximum Gasteiger partial charge on any atom is 0.0622 e. The summed E-state index contributed by atoms with van der Waals surface area (Å²) in [4.78, 5) is 2.82. The minimum absolute atomic E-state index is 0.720. The first-order chi connectivity index (χ1) is 8.83. The Hall–Kier alpha value is -0.120. The Morgan fingerprint density at radius 1 is 1.11 bits per heavy atom. The van der Waals surface area contributed by atoms with Gasteiger partial charge >= 0.3 is 0 Å². The number of ether oxygens (including phenoxy) is 1. The van der Waals surface area contributed by atoms with Gasteiger partial charge in [-0.25, -0.2) is 0 Å². The lowest BCUT2D eigenvalue weighted by Gasteiger charge is -2.46. The van der Waals surface area contributed by atoms with Crippen molar-refractivity contribution in [1.29, 1.82) is 0 Å². The first-order valence-electron chi connectivity index (χ1n) is 7.87. The number of nitrogens with zero attached hydrogens (tertiary/aromatic N) is 1. The zero-order valence-corrected chi connectivity index (χ0v) is 11.7. The highest BCUT2D eigenvalue weighted by molar-refractivity contribution is 4.91. The van der Waals surface area contributed by atoms with Crippen molar-refractivity contribution in [1.82, 2.24) is 10.2 Å². The van der Waals surface area contributed by atoms with Gasteiger partial charge < -0.3 is 10.1 Å². The SMILES string of the molecule is CC1CC(N(CC2CCNCC2)C2CCOC2)C1. The van der Waals surface area contributed by atoms with Crippen LogP contribution in [0, 0.1) is 11.8 Å². The van der Waals surface area contributed by atoms with Crippen molar-refractivity contribution in [2.75, 3.05) is 32.8 Å². The second-order valence-electron chi connectivity index (χ2n) is 6.64. The molecule has 18 heavy (non-hydrogen) atoms. The van der Waals surface area contributed by atoms with Gasteiger partial charge in [0.15, 0.2) is 0 Å². The molecular formula is C15H28N2O. The second-order valence-corrected chi connectivity index (χ2v) is 6.64. The van der Waals surface area contributed by atoms with Crippen LogP contribution < -0.4 is 5.32 Å². The molecule has 3 nitrogen and oxygen atoms in total. The van der Waals surface area contributed by atoms with Gasteiger partial charge in [-0.3, -0.25) is 4.90 Å². The van der Waals surface area contributed by atoms with Crippen LogP contribution in [-0.2, 0) is 4.74 Å². The largest absolute Gasteiger partial charge is 0.380 e. The number of hydrogen-bond acceptors (Lipinski definition) is 3. The van der Waals surface area contributed by atoms with E-state index in [4.69, 9.17) is 4.74 Å². The van der Waals surface area contributed by atoms with E-state index in [1.165, 1.54) is 51.7 Å². The molecule has 1 atom stereocenters. The number of nitrogens with one attached hydrogen (secondary N) is 1. The monoisotopic (exact) mass is 252 g/mol. The van der Waals surface area contributed by atoms with Gasteiger partial charge in [-0.15, -0.1) is 0 Å². The first kappa shape index (κ1) is 12.9. The summed E-state index contributed by atoms with van der Waals surface area (Å²) in [5, 5.41) is 3.48. The lowest BCUT2D eigenvalue weighted by Crippen LogP contribution is -2.52. The van der Waals surface area contributed by atoms with Gasteiger partial charge in [-0.2, -0.15) is 0 Å². The predicted molar refractivity (Wildman–Crippen MR) is 73.7 cm³/mol. The highest BCUT2D eigenvalue weighted by atomic mass is 16.5. The third kappa shape index (κ3) is 2.89. The summed E-state index contributed by atoms with van der Waals surface area (Å²) in [5.74, 6) is 1.87. The van der Waals surface area contributed by atoms with Crippen molar-refractivity contribution in [2.45, 2.75) is 51.1 Å². The summed E-state index contributed by atoms with van der Waals surface area (Å²) in [5.41, 5.74) is 0. The predicted octanol–water partition coefficient (Wildman–Crippen LogP) is 1.88. The normalized spacial score (nSPS) is 38.0. The summed E-state index contributed by atoms with van der Waals surface area (Å²) < 4.78 is 5.62. The van der Waals surface area contributed by atoms with Gasteiger partial charge in [0.25, 0.3) is 0 Å². The Balaban J connectivity index is 1.57. The molecule has 1 N–H and O–H groups in total. The van der Waals surface area contributed by atoms with Gasteiger partial charge in [-0.05, 0) is 57.0 Å². The fraction of sp³-hybridized carbons (Fsp3) is 1.00. The molecule has 2 aliphatic heterocycles. The topological polar surface area (TPSA) is 24.5 Å². The van der Waals surface area contributed by atoms with Crippen LogP contribution in [0.15, 0.2) is 0 Å². The maximum atomic E-state index is 5.62. The fourth-order valence-electron chi connectivity index (χ4n) is 3.87. The van der Waals surface area contributed by atoms with Gasteiger partial charge in [0.1, 0.15) is 0 Å². The smallest absolute Gasteiger partial charge is 0.0622 e. The van der Waals surface area contributed by atoms with Gasteiger partial charge in [0, 0.05) is 25.2 Å². The Kier molecular flexibility index (Phi) is 4.22. The van der Waals surface area contributed by atoms with E-state index in [1.54, 1.807) is 0 Å². The molecule has 2 heterocycles. The zero-order valence-electron chi connectivity index (χ0n) is 11.7. The Morgan fingerprint density at radius 2 is 1.89 bits per heavy atom. The quantitative estimate of drug-likeness (QED) is 0.827. The molecule has 104 valence electrons. The summed E-state index contributed by atoms with van der Waals surface area (Å²) in [7, 11) is 0. The van der Waals surface area contributed by atoms with Crippen molar-refractivity contribution >= 4 is 0 Å². The van der Waals surface area contributed by atoms with E-state index < -0.39 is 0 Å². The highest BCUT2D eigenvalue weighted by Crippen LogP contribution is 2.34. The molecule has 0 spiro atoms. The molecule has 0 aromatic heterocycles. The Morgan fingerprint density at radius 3 is 2.50 bits per heavy atom. The average molecular weight is 252 g/mol. The van der Waals surface area contributed by atoms with E-state index >= 15 is 0 Å². The molecule has 0 aromatic carbocycles. The van der Waals surface area contributed by atoms with Crippen LogP contribution in [0.1, 0.15) is 39.0 Å². The standard InChI is InChI=1S/C15H28N2O/c1-12-8-15(9-12)17(14-4-7-18-11-14)10-13-2-5-16-6-3-13/h12-16H,2-11H2,1H3. The Bertz CT molecular complexity index is 253. The third-order valence-corrected chi connectivity index (χ3v) is 5.12. The van der Waals surface area contributed by atoms with Gasteiger partial charge in [0.05, 0.1) is 6.61 Å². The number of hydrogen-bond donors (Lipinski definition) is 1. The molecule has 1 unspecified atom stereocenters. The van der Waals surface area contributed by atoms with Crippen molar-refractivity contribution in [3.05, 3.63) is 0 Å². The summed E-state index contributed by atoms with van der Waals surface area (Å²) in [6.07, 6.45) is 6.83. The first-order valence-corrected chi connectivity index (χ1v) is 7.87. The minimum Gasteiger partial charge on any atom is -0.380 e. The van der Waals surface area contributed by atoms with E-state index in [1.807, 2.05) is 0 Å². The molecule has 0 bridgehead atoms. The zero-order chi connectivity index (χ0) is 12.4. The maximum absolute atomic E-state index is 5.62. The van der Waals surface area contributed by atoms with E-state index in [-0.39, 0.29) is 0 Å². The molecule has 0 amide bonds. The summed E-state index contributed by atoms with van der Waals surface area (Å²) in [6, 6.07) is 1.58. The van der Waals surface area contributed by atoms with Crippen molar-refractivity contribution in [3.63, 3.8) is 0 Å². The fourth-order valence-corrected chi connectivity index (χ4v) is 3.87. The third-order valence-electron chi connectivity index (χ3n) is 5.12. The molecule has 3 heteroatoms. The summed E-state index contributed by atoms with van der Waals surface area (Å²) >= 11 is 0. The number of piperidine rings is 1. The van der Waals surface area contributed by atoms with Crippen LogP contribution in [0.25, 0.3) is 0 Å². The van der Waals surface area contributed by atoms with E-state index in [2.05, 4.69) is 17.1 Å². The summed E-state index contributed by atoms with van der Waals surface area (Å²) in [6.45, 7) is 8.13. The van der Waals surface area contributed by atoms with E-state index in [9.17, 15) is 0 Å². The molecule has 3 fully saturated rings. The minimum atomic E-state index is 0.720. The molecule has 2 saturated heterocycles. The average Bonchev–Trinajstić information content (AvgIpc) is 2.87. The molecule has 3 aliphatic rings. The molecule has 1 saturated carbocycles. The molecule has 0 aromatic rings. The van der Waals surface area contributed by atoms with Crippen LogP contribution in [0.4, 0.5) is 0 Å². The van der Waals surface area contributed by atoms with Crippen LogP contribution in [0.5, 0.6) is 0 Å². The number of rotatable bonds is 4. The molecular weight excluding hydrogens is 224 g/mol. The highest BCUT2D eigenvalue weighted by Gasteiger charge is 2.37. The second kappa shape index (κ2) is 5.89. The van der Waals surface area contributed by atoms with Crippen molar-refractivity contribution in [3.8, 4) is 0 Å². The molecule has 0 radical (unpaired) electrons.